The van der Waals surface area contributed by atoms with E-state index in [-0.39, 0.29) is 11.1 Å². The predicted octanol–water partition coefficient (Wildman–Crippen LogP) is 5.30. The fourth-order valence-corrected chi connectivity index (χ4v) is 3.39. The first-order chi connectivity index (χ1) is 9.54. The average molecular weight is 373 g/mol. The minimum absolute atomic E-state index is 0.134. The molecule has 0 aliphatic carbocycles. The van der Waals surface area contributed by atoms with Gasteiger partial charge in [0.25, 0.3) is 0 Å². The second kappa shape index (κ2) is 5.27. The predicted molar refractivity (Wildman–Crippen MR) is 84.5 cm³/mol. The number of halogens is 3. The van der Waals surface area contributed by atoms with Gasteiger partial charge in [0.2, 0.25) is 5.28 Å². The van der Waals surface area contributed by atoms with Crippen LogP contribution in [0.1, 0.15) is 4.88 Å². The summed E-state index contributed by atoms with van der Waals surface area (Å²) in [6.07, 6.45) is 0. The molecule has 0 amide bonds. The first-order valence-corrected chi connectivity index (χ1v) is 7.68. The van der Waals surface area contributed by atoms with Crippen molar-refractivity contribution in [3.05, 3.63) is 44.7 Å². The zero-order chi connectivity index (χ0) is 14.3. The zero-order valence-electron chi connectivity index (χ0n) is 10.2. The Hall–Kier alpha value is -1.24. The number of nitrogens with one attached hydrogen (secondary N) is 1. The summed E-state index contributed by atoms with van der Waals surface area (Å²) in [4.78, 5) is 10.2. The van der Waals surface area contributed by atoms with E-state index in [1.54, 1.807) is 12.1 Å². The van der Waals surface area contributed by atoms with Gasteiger partial charge in [-0.2, -0.15) is 4.98 Å². The van der Waals surface area contributed by atoms with Crippen molar-refractivity contribution in [3.63, 3.8) is 0 Å². The van der Waals surface area contributed by atoms with Gasteiger partial charge in [-0.25, -0.2) is 9.37 Å². The smallest absolute Gasteiger partial charge is 0.225 e. The third-order valence-corrected chi connectivity index (χ3v) is 4.47. The largest absolute Gasteiger partial charge is 0.336 e. The maximum atomic E-state index is 13.9. The fraction of sp³-hybridized carbons (Fsp3) is 0.0769. The van der Waals surface area contributed by atoms with Gasteiger partial charge < -0.3 is 5.32 Å². The summed E-state index contributed by atoms with van der Waals surface area (Å²) >= 11 is 10.8. The van der Waals surface area contributed by atoms with Gasteiger partial charge in [0.05, 0.1) is 11.1 Å². The van der Waals surface area contributed by atoms with Crippen molar-refractivity contribution in [1.82, 2.24) is 9.97 Å². The number of thiophene rings is 1. The Bertz CT molecular complexity index is 785. The Labute approximate surface area is 132 Å². The van der Waals surface area contributed by atoms with E-state index < -0.39 is 0 Å². The molecule has 0 saturated carbocycles. The number of para-hydroxylation sites is 1. The molecule has 0 saturated heterocycles. The molecule has 0 aliphatic rings. The lowest BCUT2D eigenvalue weighted by molar-refractivity contribution is 0.631. The van der Waals surface area contributed by atoms with Gasteiger partial charge in [-0.3, -0.25) is 0 Å². The molecule has 1 aromatic carbocycles. The lowest BCUT2D eigenvalue weighted by Crippen LogP contribution is -1.99. The third kappa shape index (κ3) is 2.51. The highest BCUT2D eigenvalue weighted by molar-refractivity contribution is 9.10. The second-order valence-corrected chi connectivity index (χ2v) is 6.57. The van der Waals surface area contributed by atoms with Crippen LogP contribution in [0.25, 0.3) is 10.2 Å². The van der Waals surface area contributed by atoms with Crippen LogP contribution < -0.4 is 5.32 Å². The van der Waals surface area contributed by atoms with Gasteiger partial charge >= 0.3 is 0 Å². The summed E-state index contributed by atoms with van der Waals surface area (Å²) < 4.78 is 14.5. The monoisotopic (exact) mass is 371 g/mol. The van der Waals surface area contributed by atoms with E-state index >= 15 is 0 Å². The number of nitrogens with zero attached hydrogens (tertiary/aromatic N) is 2. The van der Waals surface area contributed by atoms with E-state index in [9.17, 15) is 4.39 Å². The molecule has 0 atom stereocenters. The minimum atomic E-state index is -0.366. The molecule has 0 fully saturated rings. The lowest BCUT2D eigenvalue weighted by Gasteiger charge is -2.09. The first kappa shape index (κ1) is 13.7. The maximum absolute atomic E-state index is 13.9. The van der Waals surface area contributed by atoms with Crippen molar-refractivity contribution in [1.29, 1.82) is 0 Å². The van der Waals surface area contributed by atoms with Crippen LogP contribution in [0.2, 0.25) is 5.28 Å². The zero-order valence-corrected chi connectivity index (χ0v) is 13.4. The minimum Gasteiger partial charge on any atom is -0.336 e. The number of aromatic nitrogens is 2. The molecule has 0 radical (unpaired) electrons. The fourth-order valence-electron chi connectivity index (χ4n) is 1.85. The summed E-state index contributed by atoms with van der Waals surface area (Å²) in [6, 6.07) is 6.71. The number of hydrogen-bond acceptors (Lipinski definition) is 4. The molecular formula is C13H8BrClFN3S. The molecule has 102 valence electrons. The Morgan fingerprint density at radius 1 is 1.35 bits per heavy atom. The van der Waals surface area contributed by atoms with Gasteiger partial charge in [0, 0.05) is 9.35 Å². The molecule has 2 heterocycles. The van der Waals surface area contributed by atoms with E-state index in [1.807, 2.05) is 13.0 Å². The van der Waals surface area contributed by atoms with E-state index in [4.69, 9.17) is 11.6 Å². The highest BCUT2D eigenvalue weighted by Crippen LogP contribution is 2.34. The Kier molecular flexibility index (Phi) is 3.62. The molecule has 7 heteroatoms. The van der Waals surface area contributed by atoms with E-state index in [0.717, 1.165) is 15.1 Å². The van der Waals surface area contributed by atoms with Gasteiger partial charge in [-0.05, 0) is 52.7 Å². The van der Waals surface area contributed by atoms with Crippen LogP contribution in [0.5, 0.6) is 0 Å². The molecule has 2 aromatic heterocycles. The second-order valence-electron chi connectivity index (χ2n) is 4.14. The number of anilines is 2. The van der Waals surface area contributed by atoms with Gasteiger partial charge in [-0.1, -0.05) is 6.07 Å². The first-order valence-electron chi connectivity index (χ1n) is 5.69. The molecule has 0 bridgehead atoms. The van der Waals surface area contributed by atoms with E-state index in [2.05, 4.69) is 31.2 Å². The van der Waals surface area contributed by atoms with Crippen molar-refractivity contribution in [2.24, 2.45) is 0 Å². The van der Waals surface area contributed by atoms with Crippen LogP contribution in [0.3, 0.4) is 0 Å². The van der Waals surface area contributed by atoms with Crippen LogP contribution in [-0.2, 0) is 0 Å². The Balaban J connectivity index is 2.15. The number of fused-ring (bicyclic) bond motifs is 1. The van der Waals surface area contributed by atoms with Crippen LogP contribution in [0.4, 0.5) is 15.9 Å². The molecule has 0 aliphatic heterocycles. The third-order valence-electron chi connectivity index (χ3n) is 2.69. The molecule has 3 nitrogen and oxygen atoms in total. The average Bonchev–Trinajstić information content (AvgIpc) is 2.74. The van der Waals surface area contributed by atoms with Gasteiger partial charge in [0.1, 0.15) is 16.5 Å². The molecule has 20 heavy (non-hydrogen) atoms. The number of rotatable bonds is 2. The SMILES string of the molecule is Cc1cc2c(Nc3c(F)cccc3Br)nc(Cl)nc2s1. The van der Waals surface area contributed by atoms with Gasteiger partial charge in [0.15, 0.2) is 0 Å². The summed E-state index contributed by atoms with van der Waals surface area (Å²) in [5.41, 5.74) is 0.326. The molecular weight excluding hydrogens is 365 g/mol. The van der Waals surface area contributed by atoms with Crippen molar-refractivity contribution < 1.29 is 4.39 Å². The molecule has 3 aromatic rings. The van der Waals surface area contributed by atoms with E-state index in [0.29, 0.717) is 16.0 Å². The molecule has 3 rings (SSSR count). The van der Waals surface area contributed by atoms with Crippen molar-refractivity contribution in [2.45, 2.75) is 6.92 Å². The lowest BCUT2D eigenvalue weighted by atomic mass is 10.3. The Morgan fingerprint density at radius 2 is 2.15 bits per heavy atom. The molecule has 1 N–H and O–H groups in total. The summed E-state index contributed by atoms with van der Waals surface area (Å²) in [6.45, 7) is 1.98. The maximum Gasteiger partial charge on any atom is 0.225 e. The summed E-state index contributed by atoms with van der Waals surface area (Å²) in [5, 5.41) is 3.95. The molecule has 0 unspecified atom stereocenters. The van der Waals surface area contributed by atoms with E-state index in [1.165, 1.54) is 17.4 Å². The van der Waals surface area contributed by atoms with Crippen molar-refractivity contribution >= 4 is 60.6 Å². The standard InChI is InChI=1S/C13H8BrClFN3S/c1-6-5-7-11(18-13(15)19-12(7)20-6)17-10-8(14)3-2-4-9(10)16/h2-5H,1H3,(H,17,18,19). The molecule has 0 spiro atoms. The van der Waals surface area contributed by atoms with Crippen LogP contribution in [-0.4, -0.2) is 9.97 Å². The quantitative estimate of drug-likeness (QED) is 0.620. The van der Waals surface area contributed by atoms with Crippen molar-refractivity contribution in [2.75, 3.05) is 5.32 Å². The summed E-state index contributed by atoms with van der Waals surface area (Å²) in [7, 11) is 0. The van der Waals surface area contributed by atoms with Crippen LogP contribution >= 0.6 is 38.9 Å². The normalized spacial score (nSPS) is 11.0. The highest BCUT2D eigenvalue weighted by Gasteiger charge is 2.13. The highest BCUT2D eigenvalue weighted by atomic mass is 79.9. The number of hydrogen-bond donors (Lipinski definition) is 1. The Morgan fingerprint density at radius 3 is 2.90 bits per heavy atom. The van der Waals surface area contributed by atoms with Crippen LogP contribution in [0, 0.1) is 12.7 Å². The van der Waals surface area contributed by atoms with Gasteiger partial charge in [-0.15, -0.1) is 11.3 Å². The van der Waals surface area contributed by atoms with Crippen LogP contribution in [0.15, 0.2) is 28.7 Å². The summed E-state index contributed by atoms with van der Waals surface area (Å²) in [5.74, 6) is 0.129. The number of aryl methyl sites for hydroxylation is 1. The topological polar surface area (TPSA) is 37.8 Å². The number of benzene rings is 1. The van der Waals surface area contributed by atoms with Crippen molar-refractivity contribution in [3.8, 4) is 0 Å².